The van der Waals surface area contributed by atoms with Crippen molar-refractivity contribution in [2.75, 3.05) is 11.9 Å². The SMILES string of the molecule is Cc1c(I)cccc1NCC1CC(F)(F)C(=O)O1. The van der Waals surface area contributed by atoms with E-state index in [9.17, 15) is 13.6 Å². The maximum Gasteiger partial charge on any atom is 0.377 e. The van der Waals surface area contributed by atoms with Crippen molar-refractivity contribution in [3.8, 4) is 0 Å². The van der Waals surface area contributed by atoms with E-state index in [1.807, 2.05) is 25.1 Å². The zero-order valence-corrected chi connectivity index (χ0v) is 11.8. The summed E-state index contributed by atoms with van der Waals surface area (Å²) in [5, 5.41) is 3.04. The number of cyclic esters (lactones) is 1. The molecule has 1 atom stereocenters. The highest BCUT2D eigenvalue weighted by atomic mass is 127. The Balaban J connectivity index is 1.97. The second-order valence-corrected chi connectivity index (χ2v) is 5.39. The van der Waals surface area contributed by atoms with Gasteiger partial charge >= 0.3 is 11.9 Å². The van der Waals surface area contributed by atoms with Gasteiger partial charge in [-0.3, -0.25) is 0 Å². The van der Waals surface area contributed by atoms with Crippen LogP contribution in [0.15, 0.2) is 18.2 Å². The minimum absolute atomic E-state index is 0.197. The molecule has 0 spiro atoms. The molecule has 1 saturated heterocycles. The van der Waals surface area contributed by atoms with E-state index in [0.29, 0.717) is 0 Å². The van der Waals surface area contributed by atoms with Crippen molar-refractivity contribution in [2.45, 2.75) is 25.4 Å². The molecule has 1 aliphatic heterocycles. The topological polar surface area (TPSA) is 38.3 Å². The van der Waals surface area contributed by atoms with Crippen molar-refractivity contribution in [2.24, 2.45) is 0 Å². The Kier molecular flexibility index (Phi) is 3.74. The van der Waals surface area contributed by atoms with Crippen molar-refractivity contribution in [3.05, 3.63) is 27.3 Å². The number of rotatable bonds is 3. The molecule has 6 heteroatoms. The van der Waals surface area contributed by atoms with Crippen LogP contribution in [-0.2, 0) is 9.53 Å². The van der Waals surface area contributed by atoms with Crippen molar-refractivity contribution < 1.29 is 18.3 Å². The van der Waals surface area contributed by atoms with E-state index in [2.05, 4.69) is 32.6 Å². The zero-order valence-electron chi connectivity index (χ0n) is 9.67. The Morgan fingerprint density at radius 3 is 2.89 bits per heavy atom. The Hall–Kier alpha value is -0.920. The standard InChI is InChI=1S/C12H12F2INO2/c1-7-9(15)3-2-4-10(7)16-6-8-5-12(13,14)11(17)18-8/h2-4,8,16H,5-6H2,1H3. The molecule has 0 aliphatic carbocycles. The van der Waals surface area contributed by atoms with E-state index < -0.39 is 24.4 Å². The number of carbonyl (C=O) groups excluding carboxylic acids is 1. The minimum atomic E-state index is -3.34. The minimum Gasteiger partial charge on any atom is -0.456 e. The van der Waals surface area contributed by atoms with Gasteiger partial charge in [-0.05, 0) is 47.2 Å². The normalized spacial score (nSPS) is 21.8. The van der Waals surface area contributed by atoms with E-state index in [1.165, 1.54) is 0 Å². The van der Waals surface area contributed by atoms with Crippen molar-refractivity contribution in [3.63, 3.8) is 0 Å². The van der Waals surface area contributed by atoms with Crippen LogP contribution in [0.3, 0.4) is 0 Å². The van der Waals surface area contributed by atoms with Gasteiger partial charge in [-0.15, -0.1) is 0 Å². The molecule has 2 rings (SSSR count). The number of halogens is 3. The summed E-state index contributed by atoms with van der Waals surface area (Å²) < 4.78 is 31.6. The van der Waals surface area contributed by atoms with Crippen molar-refractivity contribution in [1.82, 2.24) is 0 Å². The Labute approximate surface area is 117 Å². The molecule has 0 radical (unpaired) electrons. The molecule has 98 valence electrons. The molecule has 0 amide bonds. The van der Waals surface area contributed by atoms with Crippen LogP contribution in [0, 0.1) is 10.5 Å². The van der Waals surface area contributed by atoms with Gasteiger partial charge in [-0.25, -0.2) is 4.79 Å². The molecule has 0 bridgehead atoms. The van der Waals surface area contributed by atoms with Gasteiger partial charge in [-0.1, -0.05) is 6.07 Å². The number of anilines is 1. The first-order valence-electron chi connectivity index (χ1n) is 5.48. The monoisotopic (exact) mass is 367 g/mol. The van der Waals surface area contributed by atoms with Crippen molar-refractivity contribution >= 4 is 34.2 Å². The Morgan fingerprint density at radius 1 is 1.56 bits per heavy atom. The Bertz CT molecular complexity index is 479. The molecule has 1 aliphatic rings. The number of nitrogens with one attached hydrogen (secondary N) is 1. The molecular formula is C12H12F2INO2. The summed E-state index contributed by atoms with van der Waals surface area (Å²) in [6.45, 7) is 2.14. The highest BCUT2D eigenvalue weighted by Crippen LogP contribution is 2.31. The van der Waals surface area contributed by atoms with Crippen molar-refractivity contribution in [1.29, 1.82) is 0 Å². The number of hydrogen-bond acceptors (Lipinski definition) is 3. The second-order valence-electron chi connectivity index (χ2n) is 4.23. The smallest absolute Gasteiger partial charge is 0.377 e. The zero-order chi connectivity index (χ0) is 13.3. The lowest BCUT2D eigenvalue weighted by Crippen LogP contribution is -2.22. The van der Waals surface area contributed by atoms with Gasteiger partial charge in [0.15, 0.2) is 0 Å². The summed E-state index contributed by atoms with van der Waals surface area (Å²) in [4.78, 5) is 10.8. The fourth-order valence-corrected chi connectivity index (χ4v) is 2.28. The largest absolute Gasteiger partial charge is 0.456 e. The lowest BCUT2D eigenvalue weighted by atomic mass is 10.1. The molecular weight excluding hydrogens is 355 g/mol. The molecule has 1 fully saturated rings. The molecule has 0 saturated carbocycles. The lowest BCUT2D eigenvalue weighted by molar-refractivity contribution is -0.158. The third-order valence-corrected chi connectivity index (χ3v) is 4.01. The van der Waals surface area contributed by atoms with E-state index in [4.69, 9.17) is 0 Å². The fraction of sp³-hybridized carbons (Fsp3) is 0.417. The van der Waals surface area contributed by atoms with Crippen LogP contribution in [0.4, 0.5) is 14.5 Å². The number of ether oxygens (including phenoxy) is 1. The summed E-state index contributed by atoms with van der Waals surface area (Å²) in [6.07, 6.45) is -1.33. The molecule has 1 aromatic carbocycles. The van der Waals surface area contributed by atoms with Crippen LogP contribution in [0.25, 0.3) is 0 Å². The van der Waals surface area contributed by atoms with Gasteiger partial charge in [0.1, 0.15) is 6.10 Å². The number of carbonyl (C=O) groups is 1. The average molecular weight is 367 g/mol. The molecule has 1 N–H and O–H groups in total. The molecule has 0 aromatic heterocycles. The van der Waals surface area contributed by atoms with Crippen LogP contribution < -0.4 is 5.32 Å². The number of esters is 1. The summed E-state index contributed by atoms with van der Waals surface area (Å²) in [5.41, 5.74) is 1.92. The van der Waals surface area contributed by atoms with Crippen LogP contribution in [0.1, 0.15) is 12.0 Å². The van der Waals surface area contributed by atoms with Gasteiger partial charge < -0.3 is 10.1 Å². The van der Waals surface area contributed by atoms with E-state index in [0.717, 1.165) is 14.8 Å². The maximum absolute atomic E-state index is 13.0. The third-order valence-electron chi connectivity index (χ3n) is 2.84. The van der Waals surface area contributed by atoms with Gasteiger partial charge in [0.25, 0.3) is 0 Å². The second kappa shape index (κ2) is 4.99. The predicted octanol–water partition coefficient (Wildman–Crippen LogP) is 2.96. The summed E-state index contributed by atoms with van der Waals surface area (Å²) in [7, 11) is 0. The van der Waals surface area contributed by atoms with Gasteiger partial charge in [0.05, 0.1) is 13.0 Å². The van der Waals surface area contributed by atoms with E-state index >= 15 is 0 Å². The Morgan fingerprint density at radius 2 is 2.28 bits per heavy atom. The average Bonchev–Trinajstić information content (AvgIpc) is 2.55. The molecule has 1 heterocycles. The van der Waals surface area contributed by atoms with Crippen LogP contribution in [0.5, 0.6) is 0 Å². The number of alkyl halides is 2. The lowest BCUT2D eigenvalue weighted by Gasteiger charge is -2.13. The highest BCUT2D eigenvalue weighted by Gasteiger charge is 2.50. The number of hydrogen-bond donors (Lipinski definition) is 1. The molecule has 18 heavy (non-hydrogen) atoms. The summed E-state index contributed by atoms with van der Waals surface area (Å²) >= 11 is 2.20. The van der Waals surface area contributed by atoms with Gasteiger partial charge in [0.2, 0.25) is 0 Å². The quantitative estimate of drug-likeness (QED) is 0.660. The molecule has 1 unspecified atom stereocenters. The first-order chi connectivity index (χ1) is 8.40. The summed E-state index contributed by atoms with van der Waals surface area (Å²) in [6, 6.07) is 5.71. The maximum atomic E-state index is 13.0. The van der Waals surface area contributed by atoms with Gasteiger partial charge in [-0.2, -0.15) is 8.78 Å². The van der Waals surface area contributed by atoms with Crippen LogP contribution >= 0.6 is 22.6 Å². The predicted molar refractivity (Wildman–Crippen MR) is 71.8 cm³/mol. The molecule has 3 nitrogen and oxygen atoms in total. The number of benzene rings is 1. The first-order valence-corrected chi connectivity index (χ1v) is 6.56. The van der Waals surface area contributed by atoms with E-state index in [-0.39, 0.29) is 6.54 Å². The van der Waals surface area contributed by atoms with Gasteiger partial charge in [0, 0.05) is 9.26 Å². The fourth-order valence-electron chi connectivity index (χ4n) is 1.79. The van der Waals surface area contributed by atoms with Crippen LogP contribution in [-0.4, -0.2) is 24.5 Å². The highest BCUT2D eigenvalue weighted by molar-refractivity contribution is 14.1. The van der Waals surface area contributed by atoms with E-state index in [1.54, 1.807) is 0 Å². The summed E-state index contributed by atoms with van der Waals surface area (Å²) in [5.74, 6) is -4.76. The van der Waals surface area contributed by atoms with Crippen LogP contribution in [0.2, 0.25) is 0 Å². The third kappa shape index (κ3) is 2.73. The first kappa shape index (κ1) is 13.5. The molecule has 1 aromatic rings.